The lowest BCUT2D eigenvalue weighted by Crippen LogP contribution is -2.17. The highest BCUT2D eigenvalue weighted by Crippen LogP contribution is 2.32. The lowest BCUT2D eigenvalue weighted by Gasteiger charge is -2.10. The van der Waals surface area contributed by atoms with Crippen molar-refractivity contribution in [2.75, 3.05) is 7.05 Å². The maximum atomic E-state index is 4.74. The van der Waals surface area contributed by atoms with E-state index in [1.54, 1.807) is 11.3 Å². The summed E-state index contributed by atoms with van der Waals surface area (Å²) in [5.74, 6) is 0. The van der Waals surface area contributed by atoms with Crippen LogP contribution in [0.2, 0.25) is 0 Å². The smallest absolute Gasteiger partial charge is 0.116 e. The van der Waals surface area contributed by atoms with Crippen LogP contribution in [0, 0.1) is 0 Å². The average molecular weight is 251 g/mol. The van der Waals surface area contributed by atoms with Crippen LogP contribution in [0.4, 0.5) is 0 Å². The molecule has 84 valence electrons. The van der Waals surface area contributed by atoms with Crippen LogP contribution >= 0.6 is 22.7 Å². The number of aromatic nitrogens is 2. The first-order valence-electron chi connectivity index (χ1n) is 5.42. The van der Waals surface area contributed by atoms with E-state index < -0.39 is 0 Å². The molecule has 2 aromatic rings. The summed E-state index contributed by atoms with van der Waals surface area (Å²) in [6, 6.07) is 0.168. The van der Waals surface area contributed by atoms with Crippen LogP contribution in [0.3, 0.4) is 0 Å². The second-order valence-electron chi connectivity index (χ2n) is 3.91. The molecule has 0 spiro atoms. The Morgan fingerprint density at radius 1 is 1.44 bits per heavy atom. The summed E-state index contributed by atoms with van der Waals surface area (Å²) < 4.78 is 0. The third-order valence-electron chi connectivity index (χ3n) is 2.90. The van der Waals surface area contributed by atoms with Gasteiger partial charge in [0.25, 0.3) is 0 Å². The Morgan fingerprint density at radius 2 is 2.38 bits per heavy atom. The van der Waals surface area contributed by atoms with E-state index in [9.17, 15) is 0 Å². The summed E-state index contributed by atoms with van der Waals surface area (Å²) in [4.78, 5) is 10.6. The quantitative estimate of drug-likeness (QED) is 0.910. The van der Waals surface area contributed by atoms with Crippen molar-refractivity contribution in [1.82, 2.24) is 15.3 Å². The Hall–Kier alpha value is -0.780. The number of rotatable bonds is 3. The number of aryl methyl sites for hydroxylation is 2. The number of hydrogen-bond donors (Lipinski definition) is 1. The van der Waals surface area contributed by atoms with Gasteiger partial charge in [-0.15, -0.1) is 22.7 Å². The largest absolute Gasteiger partial charge is 0.306 e. The summed E-state index contributed by atoms with van der Waals surface area (Å²) >= 11 is 3.48. The molecule has 2 heterocycles. The minimum Gasteiger partial charge on any atom is -0.306 e. The monoisotopic (exact) mass is 251 g/mol. The van der Waals surface area contributed by atoms with Crippen molar-refractivity contribution in [3.63, 3.8) is 0 Å². The highest BCUT2D eigenvalue weighted by atomic mass is 32.1. The summed E-state index contributed by atoms with van der Waals surface area (Å²) in [5.41, 5.74) is 4.27. The molecule has 2 aromatic heterocycles. The Labute approximate surface area is 103 Å². The maximum Gasteiger partial charge on any atom is 0.116 e. The SMILES string of the molecule is CNC(c1cscn1)c1nc2c(s1)CCC2. The lowest BCUT2D eigenvalue weighted by molar-refractivity contribution is 0.667. The first-order chi connectivity index (χ1) is 7.88. The molecule has 1 N–H and O–H groups in total. The molecular formula is C11H13N3S2. The average Bonchev–Trinajstić information content (AvgIpc) is 2.91. The van der Waals surface area contributed by atoms with E-state index in [0.29, 0.717) is 0 Å². The molecule has 0 saturated heterocycles. The lowest BCUT2D eigenvalue weighted by atomic mass is 10.2. The van der Waals surface area contributed by atoms with E-state index in [1.807, 2.05) is 23.9 Å². The summed E-state index contributed by atoms with van der Waals surface area (Å²) in [6.07, 6.45) is 3.63. The minimum absolute atomic E-state index is 0.168. The highest BCUT2D eigenvalue weighted by Gasteiger charge is 2.23. The maximum absolute atomic E-state index is 4.74. The van der Waals surface area contributed by atoms with Crippen molar-refractivity contribution in [1.29, 1.82) is 0 Å². The number of thiazole rings is 2. The fraction of sp³-hybridized carbons (Fsp3) is 0.455. The number of nitrogens with zero attached hydrogens (tertiary/aromatic N) is 2. The van der Waals surface area contributed by atoms with E-state index in [-0.39, 0.29) is 6.04 Å². The predicted molar refractivity (Wildman–Crippen MR) is 67.2 cm³/mol. The predicted octanol–water partition coefficient (Wildman–Crippen LogP) is 2.40. The Kier molecular flexibility index (Phi) is 2.75. The standard InChI is InChI=1S/C11H13N3S2/c1-12-10(8-5-15-6-13-8)11-14-7-3-2-4-9(7)16-11/h5-6,10,12H,2-4H2,1H3. The topological polar surface area (TPSA) is 37.8 Å². The molecule has 0 fully saturated rings. The zero-order valence-corrected chi connectivity index (χ0v) is 10.7. The molecule has 0 bridgehead atoms. The van der Waals surface area contributed by atoms with E-state index in [4.69, 9.17) is 4.98 Å². The van der Waals surface area contributed by atoms with Crippen molar-refractivity contribution < 1.29 is 0 Å². The van der Waals surface area contributed by atoms with E-state index in [2.05, 4.69) is 15.7 Å². The van der Waals surface area contributed by atoms with Gasteiger partial charge in [0.1, 0.15) is 11.0 Å². The normalized spacial score (nSPS) is 16.3. The third kappa shape index (κ3) is 1.69. The fourth-order valence-electron chi connectivity index (χ4n) is 2.10. The Balaban J connectivity index is 1.95. The Bertz CT molecular complexity index is 454. The molecule has 1 aliphatic carbocycles. The molecule has 1 unspecified atom stereocenters. The van der Waals surface area contributed by atoms with Gasteiger partial charge >= 0.3 is 0 Å². The second kappa shape index (κ2) is 4.24. The van der Waals surface area contributed by atoms with Crippen LogP contribution in [-0.2, 0) is 12.8 Å². The van der Waals surface area contributed by atoms with Crippen molar-refractivity contribution in [3.8, 4) is 0 Å². The van der Waals surface area contributed by atoms with Crippen LogP contribution < -0.4 is 5.32 Å². The van der Waals surface area contributed by atoms with Gasteiger partial charge in [0.2, 0.25) is 0 Å². The third-order valence-corrected chi connectivity index (χ3v) is 4.72. The minimum atomic E-state index is 0.168. The molecule has 3 nitrogen and oxygen atoms in total. The van der Waals surface area contributed by atoms with Crippen LogP contribution in [0.25, 0.3) is 0 Å². The van der Waals surface area contributed by atoms with Gasteiger partial charge in [-0.25, -0.2) is 9.97 Å². The molecular weight excluding hydrogens is 238 g/mol. The molecule has 0 amide bonds. The summed E-state index contributed by atoms with van der Waals surface area (Å²) in [6.45, 7) is 0. The number of hydrogen-bond acceptors (Lipinski definition) is 5. The van der Waals surface area contributed by atoms with Crippen LogP contribution in [0.1, 0.15) is 33.7 Å². The van der Waals surface area contributed by atoms with Gasteiger partial charge in [0.15, 0.2) is 0 Å². The molecule has 5 heteroatoms. The first kappa shape index (κ1) is 10.4. The van der Waals surface area contributed by atoms with E-state index in [1.165, 1.54) is 23.4 Å². The Morgan fingerprint density at radius 3 is 3.06 bits per heavy atom. The molecule has 0 aliphatic heterocycles. The number of fused-ring (bicyclic) bond motifs is 1. The fourth-order valence-corrected chi connectivity index (χ4v) is 3.95. The number of nitrogens with one attached hydrogen (secondary N) is 1. The van der Waals surface area contributed by atoms with Crippen LogP contribution in [0.5, 0.6) is 0 Å². The van der Waals surface area contributed by atoms with Crippen molar-refractivity contribution in [2.45, 2.75) is 25.3 Å². The molecule has 1 aliphatic rings. The zero-order valence-electron chi connectivity index (χ0n) is 9.06. The van der Waals surface area contributed by atoms with Crippen molar-refractivity contribution in [3.05, 3.63) is 32.2 Å². The van der Waals surface area contributed by atoms with Crippen molar-refractivity contribution in [2.24, 2.45) is 0 Å². The van der Waals surface area contributed by atoms with Gasteiger partial charge in [-0.2, -0.15) is 0 Å². The van der Waals surface area contributed by atoms with Gasteiger partial charge in [-0.1, -0.05) is 0 Å². The first-order valence-corrected chi connectivity index (χ1v) is 7.18. The molecule has 16 heavy (non-hydrogen) atoms. The van der Waals surface area contributed by atoms with Crippen LogP contribution in [0.15, 0.2) is 10.9 Å². The van der Waals surface area contributed by atoms with Gasteiger partial charge in [-0.05, 0) is 26.3 Å². The molecule has 0 aromatic carbocycles. The van der Waals surface area contributed by atoms with Gasteiger partial charge in [0.05, 0.1) is 16.9 Å². The van der Waals surface area contributed by atoms with Gasteiger partial charge in [0, 0.05) is 10.3 Å². The summed E-state index contributed by atoms with van der Waals surface area (Å²) in [7, 11) is 1.97. The highest BCUT2D eigenvalue weighted by molar-refractivity contribution is 7.12. The second-order valence-corrected chi connectivity index (χ2v) is 5.74. The van der Waals surface area contributed by atoms with E-state index in [0.717, 1.165) is 17.1 Å². The van der Waals surface area contributed by atoms with E-state index >= 15 is 0 Å². The van der Waals surface area contributed by atoms with Gasteiger partial charge < -0.3 is 5.32 Å². The molecule has 1 atom stereocenters. The van der Waals surface area contributed by atoms with Crippen molar-refractivity contribution >= 4 is 22.7 Å². The van der Waals surface area contributed by atoms with Gasteiger partial charge in [-0.3, -0.25) is 0 Å². The molecule has 0 saturated carbocycles. The summed E-state index contributed by atoms with van der Waals surface area (Å²) in [5, 5.41) is 6.56. The molecule has 0 radical (unpaired) electrons. The van der Waals surface area contributed by atoms with Crippen LogP contribution in [-0.4, -0.2) is 17.0 Å². The molecule has 3 rings (SSSR count). The zero-order chi connectivity index (χ0) is 11.0.